The van der Waals surface area contributed by atoms with E-state index in [1.807, 2.05) is 6.92 Å². The second kappa shape index (κ2) is 4.17. The lowest BCUT2D eigenvalue weighted by Crippen LogP contribution is -2.14. The quantitative estimate of drug-likeness (QED) is 0.808. The van der Waals surface area contributed by atoms with Crippen molar-refractivity contribution in [2.45, 2.75) is 25.4 Å². The van der Waals surface area contributed by atoms with Crippen molar-refractivity contribution in [2.75, 3.05) is 4.72 Å². The molecule has 2 aromatic rings. The van der Waals surface area contributed by atoms with Crippen LogP contribution in [0.25, 0.3) is 0 Å². The van der Waals surface area contributed by atoms with E-state index >= 15 is 0 Å². The molecule has 0 aliphatic heterocycles. The van der Waals surface area contributed by atoms with Crippen LogP contribution < -0.4 is 4.72 Å². The third-order valence-electron chi connectivity index (χ3n) is 2.07. The van der Waals surface area contributed by atoms with E-state index in [2.05, 4.69) is 24.9 Å². The second-order valence-electron chi connectivity index (χ2n) is 3.39. The zero-order valence-corrected chi connectivity index (χ0v) is 10.2. The maximum Gasteiger partial charge on any atom is 0.283 e. The number of aromatic nitrogens is 5. The van der Waals surface area contributed by atoms with E-state index in [1.54, 1.807) is 11.5 Å². The fourth-order valence-electron chi connectivity index (χ4n) is 1.21. The molecule has 0 atom stereocenters. The molecule has 9 heteroatoms. The number of hydrogen-bond acceptors (Lipinski definition) is 5. The van der Waals surface area contributed by atoms with Crippen LogP contribution in [0.2, 0.25) is 0 Å². The molecule has 0 spiro atoms. The molecular weight excluding hydrogens is 244 g/mol. The molecule has 0 aliphatic carbocycles. The zero-order chi connectivity index (χ0) is 12.5. The Hall–Kier alpha value is -1.90. The summed E-state index contributed by atoms with van der Waals surface area (Å²) < 4.78 is 27.6. The Labute approximate surface area is 98.1 Å². The molecule has 92 valence electrons. The van der Waals surface area contributed by atoms with Gasteiger partial charge in [0.15, 0.2) is 5.03 Å². The van der Waals surface area contributed by atoms with Gasteiger partial charge in [0.2, 0.25) is 0 Å². The maximum atomic E-state index is 11.9. The number of H-pyrrole nitrogens is 1. The van der Waals surface area contributed by atoms with Crippen molar-refractivity contribution in [3.8, 4) is 0 Å². The summed E-state index contributed by atoms with van der Waals surface area (Å²) in [5, 5.41) is 6.18. The average Bonchev–Trinajstić information content (AvgIpc) is 2.86. The van der Waals surface area contributed by atoms with Crippen LogP contribution in [0.4, 0.5) is 5.95 Å². The highest BCUT2D eigenvalue weighted by Crippen LogP contribution is 2.10. The Balaban J connectivity index is 2.24. The van der Waals surface area contributed by atoms with E-state index in [0.29, 0.717) is 12.4 Å². The molecule has 0 saturated heterocycles. The predicted molar refractivity (Wildman–Crippen MR) is 59.8 cm³/mol. The predicted octanol–water partition coefficient (Wildman–Crippen LogP) is 0.130. The molecule has 8 nitrogen and oxygen atoms in total. The molecule has 0 radical (unpaired) electrons. The highest BCUT2D eigenvalue weighted by atomic mass is 32.2. The number of imidazole rings is 1. The summed E-state index contributed by atoms with van der Waals surface area (Å²) in [6, 6.07) is 0. The van der Waals surface area contributed by atoms with Gasteiger partial charge in [-0.1, -0.05) is 0 Å². The smallest absolute Gasteiger partial charge is 0.283 e. The molecule has 0 aliphatic rings. The standard InChI is InChI=1S/C8H12N6O2S/c1-3-14-4-7(9-5-14)17(15,16)13-8-10-6(2)11-12-8/h4-5H,3H2,1-2H3,(H2,10,11,12,13). The molecule has 2 rings (SSSR count). The highest BCUT2D eigenvalue weighted by molar-refractivity contribution is 7.92. The second-order valence-corrected chi connectivity index (χ2v) is 5.02. The van der Waals surface area contributed by atoms with Gasteiger partial charge in [0, 0.05) is 12.7 Å². The number of nitrogens with one attached hydrogen (secondary N) is 2. The van der Waals surface area contributed by atoms with Crippen molar-refractivity contribution in [2.24, 2.45) is 0 Å². The van der Waals surface area contributed by atoms with Crippen molar-refractivity contribution in [3.63, 3.8) is 0 Å². The number of rotatable bonds is 4. The first-order chi connectivity index (χ1) is 8.01. The summed E-state index contributed by atoms with van der Waals surface area (Å²) in [5.41, 5.74) is 0. The van der Waals surface area contributed by atoms with Gasteiger partial charge in [-0.25, -0.2) is 9.71 Å². The number of aryl methyl sites for hydroxylation is 2. The monoisotopic (exact) mass is 256 g/mol. The Morgan fingerprint density at radius 1 is 1.53 bits per heavy atom. The van der Waals surface area contributed by atoms with E-state index < -0.39 is 10.0 Å². The van der Waals surface area contributed by atoms with Gasteiger partial charge in [-0.3, -0.25) is 5.10 Å². The van der Waals surface area contributed by atoms with Crippen LogP contribution in [0.15, 0.2) is 17.6 Å². The maximum absolute atomic E-state index is 11.9. The van der Waals surface area contributed by atoms with Crippen LogP contribution in [0.1, 0.15) is 12.7 Å². The van der Waals surface area contributed by atoms with Crippen LogP contribution >= 0.6 is 0 Å². The lowest BCUT2D eigenvalue weighted by atomic mass is 10.7. The third kappa shape index (κ3) is 2.44. The Kier molecular flexibility index (Phi) is 2.84. The fourth-order valence-corrected chi connectivity index (χ4v) is 2.11. The Morgan fingerprint density at radius 3 is 2.82 bits per heavy atom. The fraction of sp³-hybridized carbons (Fsp3) is 0.375. The van der Waals surface area contributed by atoms with E-state index in [0.717, 1.165) is 0 Å². The molecule has 2 heterocycles. The van der Waals surface area contributed by atoms with E-state index in [9.17, 15) is 8.42 Å². The van der Waals surface area contributed by atoms with E-state index in [1.165, 1.54) is 12.5 Å². The molecule has 2 N–H and O–H groups in total. The Bertz CT molecular complexity index is 614. The van der Waals surface area contributed by atoms with Crippen molar-refractivity contribution in [3.05, 3.63) is 18.3 Å². The minimum absolute atomic E-state index is 0.00792. The molecule has 17 heavy (non-hydrogen) atoms. The largest absolute Gasteiger partial charge is 0.336 e. The van der Waals surface area contributed by atoms with Gasteiger partial charge < -0.3 is 4.57 Å². The van der Waals surface area contributed by atoms with Gasteiger partial charge in [0.1, 0.15) is 5.82 Å². The number of hydrogen-bond donors (Lipinski definition) is 2. The van der Waals surface area contributed by atoms with Crippen LogP contribution in [-0.2, 0) is 16.6 Å². The first-order valence-corrected chi connectivity index (χ1v) is 6.43. The first-order valence-electron chi connectivity index (χ1n) is 4.95. The van der Waals surface area contributed by atoms with Gasteiger partial charge in [-0.2, -0.15) is 13.4 Å². The van der Waals surface area contributed by atoms with E-state index in [-0.39, 0.29) is 11.0 Å². The summed E-state index contributed by atoms with van der Waals surface area (Å²) in [4.78, 5) is 7.67. The molecule has 2 aromatic heterocycles. The molecule has 0 bridgehead atoms. The minimum Gasteiger partial charge on any atom is -0.336 e. The number of nitrogens with zero attached hydrogens (tertiary/aromatic N) is 4. The van der Waals surface area contributed by atoms with Crippen LogP contribution in [0.3, 0.4) is 0 Å². The normalized spacial score (nSPS) is 11.6. The summed E-state index contributed by atoms with van der Waals surface area (Å²) in [5.74, 6) is 0.537. The lowest BCUT2D eigenvalue weighted by molar-refractivity contribution is 0.597. The van der Waals surface area contributed by atoms with Gasteiger partial charge in [-0.05, 0) is 13.8 Å². The van der Waals surface area contributed by atoms with Gasteiger partial charge >= 0.3 is 0 Å². The third-order valence-corrected chi connectivity index (χ3v) is 3.29. The van der Waals surface area contributed by atoms with Gasteiger partial charge in [0.25, 0.3) is 16.0 Å². The number of sulfonamides is 1. The van der Waals surface area contributed by atoms with Crippen LogP contribution in [0, 0.1) is 6.92 Å². The Morgan fingerprint density at radius 2 is 2.29 bits per heavy atom. The van der Waals surface area contributed by atoms with E-state index in [4.69, 9.17) is 0 Å². The number of aromatic amines is 1. The molecule has 0 amide bonds. The SMILES string of the molecule is CCn1cnc(S(=O)(=O)Nc2n[nH]c(C)n2)c1. The highest BCUT2D eigenvalue weighted by Gasteiger charge is 2.19. The van der Waals surface area contributed by atoms with Crippen molar-refractivity contribution < 1.29 is 8.42 Å². The van der Waals surface area contributed by atoms with Gasteiger partial charge in [0.05, 0.1) is 6.33 Å². The average molecular weight is 256 g/mol. The molecule has 0 unspecified atom stereocenters. The summed E-state index contributed by atoms with van der Waals surface area (Å²) in [6.07, 6.45) is 2.90. The minimum atomic E-state index is -3.72. The van der Waals surface area contributed by atoms with Crippen molar-refractivity contribution in [1.82, 2.24) is 24.7 Å². The van der Waals surface area contributed by atoms with Crippen LogP contribution in [-0.4, -0.2) is 33.2 Å². The lowest BCUT2D eigenvalue weighted by Gasteiger charge is -1.99. The first kappa shape index (κ1) is 11.6. The molecular formula is C8H12N6O2S. The van der Waals surface area contributed by atoms with Gasteiger partial charge in [-0.15, -0.1) is 5.10 Å². The topological polar surface area (TPSA) is 106 Å². The molecule has 0 aromatic carbocycles. The summed E-state index contributed by atoms with van der Waals surface area (Å²) in [6.45, 7) is 4.23. The molecule has 0 saturated carbocycles. The van der Waals surface area contributed by atoms with Crippen molar-refractivity contribution >= 4 is 16.0 Å². The summed E-state index contributed by atoms with van der Waals surface area (Å²) >= 11 is 0. The molecule has 0 fully saturated rings. The van der Waals surface area contributed by atoms with Crippen molar-refractivity contribution in [1.29, 1.82) is 0 Å². The zero-order valence-electron chi connectivity index (χ0n) is 9.38. The van der Waals surface area contributed by atoms with Crippen LogP contribution in [0.5, 0.6) is 0 Å². The number of anilines is 1. The summed E-state index contributed by atoms with van der Waals surface area (Å²) in [7, 11) is -3.72.